The van der Waals surface area contributed by atoms with Gasteiger partial charge < -0.3 is 14.6 Å². The van der Waals surface area contributed by atoms with E-state index in [1.54, 1.807) is 11.2 Å². The van der Waals surface area contributed by atoms with Crippen molar-refractivity contribution in [3.05, 3.63) is 24.2 Å². The van der Waals surface area contributed by atoms with Gasteiger partial charge in [-0.2, -0.15) is 5.26 Å². The highest BCUT2D eigenvalue weighted by atomic mass is 16.3. The Morgan fingerprint density at radius 1 is 1.65 bits per heavy atom. The van der Waals surface area contributed by atoms with Gasteiger partial charge in [-0.05, 0) is 38.4 Å². The first kappa shape index (κ1) is 14.6. The summed E-state index contributed by atoms with van der Waals surface area (Å²) in [7, 11) is 0. The fourth-order valence-corrected chi connectivity index (χ4v) is 2.65. The molecule has 108 valence electrons. The lowest BCUT2D eigenvalue weighted by Crippen LogP contribution is -2.50. The molecule has 5 nitrogen and oxygen atoms in total. The summed E-state index contributed by atoms with van der Waals surface area (Å²) in [5.74, 6) is 0.861. The Kier molecular flexibility index (Phi) is 4.80. The minimum absolute atomic E-state index is 0.108. The largest absolute Gasteiger partial charge is 0.467 e. The lowest BCUT2D eigenvalue weighted by Gasteiger charge is -2.37. The van der Waals surface area contributed by atoms with E-state index in [2.05, 4.69) is 11.4 Å². The van der Waals surface area contributed by atoms with Crippen LogP contribution in [0.25, 0.3) is 0 Å². The molecule has 20 heavy (non-hydrogen) atoms. The number of hydrogen-bond acceptors (Lipinski definition) is 4. The second-order valence-electron chi connectivity index (χ2n) is 5.56. The molecule has 1 aromatic rings. The first-order valence-corrected chi connectivity index (χ1v) is 7.05. The predicted octanol–water partition coefficient (Wildman–Crippen LogP) is 1.91. The minimum Gasteiger partial charge on any atom is -0.467 e. The number of amides is 1. The highest BCUT2D eigenvalue weighted by molar-refractivity contribution is 5.82. The summed E-state index contributed by atoms with van der Waals surface area (Å²) in [6, 6.07) is 5.77. The van der Waals surface area contributed by atoms with E-state index >= 15 is 0 Å². The highest BCUT2D eigenvalue weighted by Crippen LogP contribution is 2.28. The molecule has 0 aromatic carbocycles. The average Bonchev–Trinajstić information content (AvgIpc) is 2.96. The van der Waals surface area contributed by atoms with Crippen LogP contribution in [0.5, 0.6) is 0 Å². The van der Waals surface area contributed by atoms with Gasteiger partial charge in [-0.15, -0.1) is 0 Å². The van der Waals surface area contributed by atoms with E-state index in [0.29, 0.717) is 26.1 Å². The number of furan rings is 1. The zero-order chi connectivity index (χ0) is 14.4. The van der Waals surface area contributed by atoms with E-state index in [-0.39, 0.29) is 11.3 Å². The third-order valence-electron chi connectivity index (χ3n) is 3.82. The van der Waals surface area contributed by atoms with E-state index in [4.69, 9.17) is 9.68 Å². The summed E-state index contributed by atoms with van der Waals surface area (Å²) in [5, 5.41) is 12.1. The number of nitrogens with one attached hydrogen (secondary N) is 1. The maximum Gasteiger partial charge on any atom is 0.230 e. The third kappa shape index (κ3) is 3.40. The van der Waals surface area contributed by atoms with Gasteiger partial charge in [0.25, 0.3) is 0 Å². The van der Waals surface area contributed by atoms with Crippen LogP contribution in [0.15, 0.2) is 22.8 Å². The van der Waals surface area contributed by atoms with Crippen LogP contribution in [-0.4, -0.2) is 30.4 Å². The van der Waals surface area contributed by atoms with E-state index < -0.39 is 0 Å². The molecule has 2 rings (SSSR count). The van der Waals surface area contributed by atoms with Crippen molar-refractivity contribution < 1.29 is 9.21 Å². The fraction of sp³-hybridized carbons (Fsp3) is 0.600. The predicted molar refractivity (Wildman–Crippen MR) is 74.6 cm³/mol. The normalized spacial score (nSPS) is 22.2. The number of carbonyl (C=O) groups is 1. The van der Waals surface area contributed by atoms with Crippen LogP contribution < -0.4 is 5.32 Å². The molecule has 1 aliphatic heterocycles. The molecule has 1 amide bonds. The third-order valence-corrected chi connectivity index (χ3v) is 3.82. The molecule has 0 radical (unpaired) electrons. The Bertz CT molecular complexity index is 470. The molecular weight excluding hydrogens is 254 g/mol. The summed E-state index contributed by atoms with van der Waals surface area (Å²) in [4.78, 5) is 14.5. The maximum absolute atomic E-state index is 12.8. The summed E-state index contributed by atoms with van der Waals surface area (Å²) in [5.41, 5.74) is -0.375. The van der Waals surface area contributed by atoms with Crippen LogP contribution in [0, 0.1) is 16.7 Å². The number of rotatable bonds is 5. The summed E-state index contributed by atoms with van der Waals surface area (Å²) < 4.78 is 5.32. The Morgan fingerprint density at radius 2 is 2.50 bits per heavy atom. The lowest BCUT2D eigenvalue weighted by molar-refractivity contribution is -0.143. The Morgan fingerprint density at radius 3 is 3.10 bits per heavy atom. The molecule has 0 aliphatic carbocycles. The van der Waals surface area contributed by atoms with Crippen molar-refractivity contribution in [3.63, 3.8) is 0 Å². The average molecular weight is 275 g/mol. The van der Waals surface area contributed by atoms with Crippen LogP contribution in [-0.2, 0) is 11.3 Å². The van der Waals surface area contributed by atoms with Crippen LogP contribution >= 0.6 is 0 Å². The van der Waals surface area contributed by atoms with Crippen molar-refractivity contribution in [1.82, 2.24) is 10.2 Å². The Labute approximate surface area is 119 Å². The van der Waals surface area contributed by atoms with E-state index in [9.17, 15) is 4.79 Å². The Hall–Kier alpha value is -1.80. The van der Waals surface area contributed by atoms with Gasteiger partial charge in [0.15, 0.2) is 0 Å². The summed E-state index contributed by atoms with van der Waals surface area (Å²) in [6.07, 6.45) is 3.84. The van der Waals surface area contributed by atoms with Crippen LogP contribution in [0.4, 0.5) is 0 Å². The van der Waals surface area contributed by atoms with Gasteiger partial charge in [-0.3, -0.25) is 4.79 Å². The lowest BCUT2D eigenvalue weighted by atomic mass is 9.81. The minimum atomic E-state index is -0.375. The van der Waals surface area contributed by atoms with Gasteiger partial charge in [0.2, 0.25) is 5.91 Å². The van der Waals surface area contributed by atoms with Crippen LogP contribution in [0.1, 0.15) is 31.9 Å². The smallest absolute Gasteiger partial charge is 0.230 e. The summed E-state index contributed by atoms with van der Waals surface area (Å²) in [6.45, 7) is 4.56. The van der Waals surface area contributed by atoms with E-state index in [0.717, 1.165) is 25.1 Å². The molecule has 2 heterocycles. The monoisotopic (exact) mass is 275 g/mol. The quantitative estimate of drug-likeness (QED) is 0.891. The molecule has 0 bridgehead atoms. The first-order chi connectivity index (χ1) is 9.65. The number of nitriles is 1. The van der Waals surface area contributed by atoms with Crippen molar-refractivity contribution in [2.75, 3.05) is 19.6 Å². The zero-order valence-electron chi connectivity index (χ0n) is 11.9. The molecule has 0 spiro atoms. The van der Waals surface area contributed by atoms with Crippen molar-refractivity contribution in [2.24, 2.45) is 5.41 Å². The molecule has 0 saturated carbocycles. The standard InChI is InChI=1S/C15H21N3O2/c1-15(6-3-8-17-12-15)14(19)18(9-4-7-16)11-13-5-2-10-20-13/h2,5,10,17H,3-4,6,8-9,11-12H2,1H3. The second kappa shape index (κ2) is 6.58. The van der Waals surface area contributed by atoms with Gasteiger partial charge in [-0.25, -0.2) is 0 Å². The number of nitrogens with zero attached hydrogens (tertiary/aromatic N) is 2. The molecule has 1 fully saturated rings. The van der Waals surface area contributed by atoms with Gasteiger partial charge >= 0.3 is 0 Å². The van der Waals surface area contributed by atoms with Gasteiger partial charge in [0, 0.05) is 13.1 Å². The molecule has 1 saturated heterocycles. The molecule has 1 atom stereocenters. The molecule has 1 aromatic heterocycles. The molecular formula is C15H21N3O2. The molecule has 5 heteroatoms. The Balaban J connectivity index is 2.08. The van der Waals surface area contributed by atoms with Crippen molar-refractivity contribution >= 4 is 5.91 Å². The highest BCUT2D eigenvalue weighted by Gasteiger charge is 2.37. The second-order valence-corrected chi connectivity index (χ2v) is 5.56. The topological polar surface area (TPSA) is 69.3 Å². The molecule has 1 N–H and O–H groups in total. The van der Waals surface area contributed by atoms with Gasteiger partial charge in [-0.1, -0.05) is 0 Å². The molecule has 1 aliphatic rings. The summed E-state index contributed by atoms with van der Waals surface area (Å²) >= 11 is 0. The van der Waals surface area contributed by atoms with E-state index in [1.165, 1.54) is 0 Å². The number of piperidine rings is 1. The number of hydrogen-bond donors (Lipinski definition) is 1. The maximum atomic E-state index is 12.8. The number of carbonyl (C=O) groups excluding carboxylic acids is 1. The van der Waals surface area contributed by atoms with Crippen molar-refractivity contribution in [3.8, 4) is 6.07 Å². The van der Waals surface area contributed by atoms with Crippen LogP contribution in [0.3, 0.4) is 0 Å². The zero-order valence-corrected chi connectivity index (χ0v) is 11.9. The van der Waals surface area contributed by atoms with E-state index in [1.807, 2.05) is 19.1 Å². The SMILES string of the molecule is CC1(C(=O)N(CCC#N)Cc2ccco2)CCCNC1. The van der Waals surface area contributed by atoms with Crippen molar-refractivity contribution in [2.45, 2.75) is 32.7 Å². The van der Waals surface area contributed by atoms with Crippen LogP contribution in [0.2, 0.25) is 0 Å². The van der Waals surface area contributed by atoms with Crippen molar-refractivity contribution in [1.29, 1.82) is 5.26 Å². The molecule has 1 unspecified atom stereocenters. The first-order valence-electron chi connectivity index (χ1n) is 7.05. The van der Waals surface area contributed by atoms with Gasteiger partial charge in [0.1, 0.15) is 5.76 Å². The van der Waals surface area contributed by atoms with Gasteiger partial charge in [0.05, 0.1) is 30.7 Å². The fourth-order valence-electron chi connectivity index (χ4n) is 2.65.